The summed E-state index contributed by atoms with van der Waals surface area (Å²) in [7, 11) is 0. The Hall–Kier alpha value is -1.08. The lowest BCUT2D eigenvalue weighted by atomic mass is 10.3. The highest BCUT2D eigenvalue weighted by Gasteiger charge is 2.30. The molecule has 0 aromatic carbocycles. The van der Waals surface area contributed by atoms with Gasteiger partial charge in [-0.1, -0.05) is 5.16 Å². The summed E-state index contributed by atoms with van der Waals surface area (Å²) in [5.41, 5.74) is 7.80. The van der Waals surface area contributed by atoms with Crippen LogP contribution in [-0.4, -0.2) is 38.3 Å². The van der Waals surface area contributed by atoms with Crippen molar-refractivity contribution < 1.29 is 5.21 Å². The zero-order chi connectivity index (χ0) is 14.7. The largest absolute Gasteiger partial charge is 0.409 e. The molecule has 1 aromatic heterocycles. The molecule has 1 saturated carbocycles. The van der Waals surface area contributed by atoms with E-state index in [1.807, 2.05) is 11.6 Å². The molecule has 0 unspecified atom stereocenters. The first-order valence-corrected chi connectivity index (χ1v) is 7.78. The first-order valence-electron chi connectivity index (χ1n) is 6.99. The number of nitrogens with zero attached hydrogens (tertiary/aromatic N) is 4. The highest BCUT2D eigenvalue weighted by Crippen LogP contribution is 2.30. The van der Waals surface area contributed by atoms with Crippen LogP contribution in [0.4, 0.5) is 0 Å². The number of amidine groups is 1. The Kier molecular flexibility index (Phi) is 5.04. The number of hydrogen-bond acceptors (Lipinski definition) is 4. The molecular formula is C13H22BrN5O. The summed E-state index contributed by atoms with van der Waals surface area (Å²) in [6, 6.07) is 0.619. The Morgan fingerprint density at radius 3 is 2.85 bits per heavy atom. The van der Waals surface area contributed by atoms with E-state index in [1.54, 1.807) is 0 Å². The molecular weight excluding hydrogens is 322 g/mol. The van der Waals surface area contributed by atoms with Crippen LogP contribution in [0.5, 0.6) is 0 Å². The Bertz CT molecular complexity index is 495. The molecule has 7 heteroatoms. The lowest BCUT2D eigenvalue weighted by molar-refractivity contribution is 0.251. The zero-order valence-corrected chi connectivity index (χ0v) is 13.6. The molecule has 6 nitrogen and oxygen atoms in total. The predicted octanol–water partition coefficient (Wildman–Crippen LogP) is 2.07. The van der Waals surface area contributed by atoms with Gasteiger partial charge >= 0.3 is 0 Å². The van der Waals surface area contributed by atoms with Crippen LogP contribution in [-0.2, 0) is 13.1 Å². The molecule has 0 atom stereocenters. The zero-order valence-electron chi connectivity index (χ0n) is 12.0. The third-order valence-corrected chi connectivity index (χ3v) is 4.68. The Balaban J connectivity index is 2.08. The monoisotopic (exact) mass is 343 g/mol. The number of oxime groups is 1. The normalized spacial score (nSPS) is 16.1. The fourth-order valence-electron chi connectivity index (χ4n) is 2.35. The van der Waals surface area contributed by atoms with Crippen LogP contribution in [0.15, 0.2) is 9.63 Å². The topological polar surface area (TPSA) is 79.7 Å². The van der Waals surface area contributed by atoms with Crippen LogP contribution < -0.4 is 5.73 Å². The Morgan fingerprint density at radius 1 is 1.60 bits per heavy atom. The number of rotatable bonds is 7. The molecule has 112 valence electrons. The third kappa shape index (κ3) is 3.52. The number of aromatic nitrogens is 2. The average molecular weight is 344 g/mol. The Labute approximate surface area is 127 Å². The molecule has 0 spiro atoms. The number of halogens is 1. The number of nitrogens with two attached hydrogens (primary N) is 1. The van der Waals surface area contributed by atoms with Crippen molar-refractivity contribution in [2.75, 3.05) is 6.54 Å². The quantitative estimate of drug-likeness (QED) is 0.343. The van der Waals surface area contributed by atoms with E-state index in [4.69, 9.17) is 10.9 Å². The highest BCUT2D eigenvalue weighted by molar-refractivity contribution is 9.10. The Morgan fingerprint density at radius 2 is 2.30 bits per heavy atom. The van der Waals surface area contributed by atoms with E-state index in [0.29, 0.717) is 12.5 Å². The van der Waals surface area contributed by atoms with Crippen LogP contribution in [0.25, 0.3) is 0 Å². The van der Waals surface area contributed by atoms with Gasteiger partial charge in [-0.2, -0.15) is 5.10 Å². The maximum Gasteiger partial charge on any atom is 0.140 e. The molecule has 20 heavy (non-hydrogen) atoms. The average Bonchev–Trinajstić information content (AvgIpc) is 3.25. The molecule has 1 aliphatic carbocycles. The minimum atomic E-state index is 0.287. The molecule has 3 N–H and O–H groups in total. The first kappa shape index (κ1) is 15.3. The second kappa shape index (κ2) is 6.58. The first-order chi connectivity index (χ1) is 9.56. The van der Waals surface area contributed by atoms with Crippen LogP contribution in [0, 0.1) is 6.92 Å². The summed E-state index contributed by atoms with van der Waals surface area (Å²) < 4.78 is 3.13. The van der Waals surface area contributed by atoms with E-state index in [1.165, 1.54) is 18.5 Å². The molecule has 1 aliphatic rings. The van der Waals surface area contributed by atoms with Crippen molar-refractivity contribution in [1.29, 1.82) is 0 Å². The van der Waals surface area contributed by atoms with Crippen molar-refractivity contribution in [3.05, 3.63) is 15.9 Å². The van der Waals surface area contributed by atoms with Gasteiger partial charge in [0, 0.05) is 32.1 Å². The van der Waals surface area contributed by atoms with Gasteiger partial charge in [-0.05, 0) is 42.6 Å². The lowest BCUT2D eigenvalue weighted by Crippen LogP contribution is -2.31. The number of hydrogen-bond donors (Lipinski definition) is 2. The molecule has 1 heterocycles. The molecule has 0 radical (unpaired) electrons. The van der Waals surface area contributed by atoms with Crippen molar-refractivity contribution in [3.8, 4) is 0 Å². The minimum Gasteiger partial charge on any atom is -0.409 e. The van der Waals surface area contributed by atoms with Crippen LogP contribution >= 0.6 is 15.9 Å². The maximum absolute atomic E-state index is 8.64. The van der Waals surface area contributed by atoms with Gasteiger partial charge in [-0.25, -0.2) is 0 Å². The summed E-state index contributed by atoms with van der Waals surface area (Å²) in [5, 5.41) is 16.2. The van der Waals surface area contributed by atoms with E-state index >= 15 is 0 Å². The molecule has 2 rings (SSSR count). The van der Waals surface area contributed by atoms with E-state index in [2.05, 4.69) is 38.0 Å². The van der Waals surface area contributed by atoms with E-state index in [-0.39, 0.29) is 5.84 Å². The van der Waals surface area contributed by atoms with Gasteiger partial charge in [-0.3, -0.25) is 9.58 Å². The molecule has 1 fully saturated rings. The van der Waals surface area contributed by atoms with Crippen LogP contribution in [0.3, 0.4) is 0 Å². The molecule has 1 aromatic rings. The molecule has 0 saturated heterocycles. The van der Waals surface area contributed by atoms with Gasteiger partial charge in [0.25, 0.3) is 0 Å². The summed E-state index contributed by atoms with van der Waals surface area (Å²) in [6.45, 7) is 6.62. The molecule has 0 amide bonds. The third-order valence-electron chi connectivity index (χ3n) is 3.65. The van der Waals surface area contributed by atoms with E-state index in [9.17, 15) is 0 Å². The van der Waals surface area contributed by atoms with Crippen molar-refractivity contribution in [2.45, 2.75) is 52.2 Å². The smallest absolute Gasteiger partial charge is 0.140 e. The summed E-state index contributed by atoms with van der Waals surface area (Å²) in [5.74, 6) is 0.287. The maximum atomic E-state index is 8.64. The highest BCUT2D eigenvalue weighted by atomic mass is 79.9. The van der Waals surface area contributed by atoms with Gasteiger partial charge in [0.05, 0.1) is 15.9 Å². The van der Waals surface area contributed by atoms with Gasteiger partial charge in [0.2, 0.25) is 0 Å². The summed E-state index contributed by atoms with van der Waals surface area (Å²) >= 11 is 3.64. The van der Waals surface area contributed by atoms with Gasteiger partial charge < -0.3 is 10.9 Å². The fourth-order valence-corrected chi connectivity index (χ4v) is 2.76. The molecule has 0 aliphatic heterocycles. The van der Waals surface area contributed by atoms with Gasteiger partial charge in [0.1, 0.15) is 5.84 Å². The summed E-state index contributed by atoms with van der Waals surface area (Å²) in [4.78, 5) is 2.39. The fraction of sp³-hybridized carbons (Fsp3) is 0.692. The van der Waals surface area contributed by atoms with Crippen molar-refractivity contribution >= 4 is 21.8 Å². The van der Waals surface area contributed by atoms with E-state index < -0.39 is 0 Å². The van der Waals surface area contributed by atoms with Crippen molar-refractivity contribution in [2.24, 2.45) is 10.9 Å². The standard InChI is InChI=1S/C13H22BrN5O/c1-3-19-11(13(14)9(2)16-19)8-18(10-4-5-10)7-6-12(15)17-20/h10,20H,3-8H2,1-2H3,(H2,15,17). The lowest BCUT2D eigenvalue weighted by Gasteiger charge is -2.22. The predicted molar refractivity (Wildman–Crippen MR) is 81.8 cm³/mol. The second-order valence-corrected chi connectivity index (χ2v) is 6.00. The minimum absolute atomic E-state index is 0.287. The van der Waals surface area contributed by atoms with Gasteiger partial charge in [-0.15, -0.1) is 0 Å². The van der Waals surface area contributed by atoms with Crippen LogP contribution in [0.2, 0.25) is 0 Å². The van der Waals surface area contributed by atoms with Crippen molar-refractivity contribution in [1.82, 2.24) is 14.7 Å². The summed E-state index contributed by atoms with van der Waals surface area (Å²) in [6.07, 6.45) is 3.05. The van der Waals surface area contributed by atoms with Crippen molar-refractivity contribution in [3.63, 3.8) is 0 Å². The number of aryl methyl sites for hydroxylation is 2. The SMILES string of the molecule is CCn1nc(C)c(Br)c1CN(CCC(N)=NO)C1CC1. The van der Waals surface area contributed by atoms with E-state index in [0.717, 1.165) is 29.8 Å². The molecule has 0 bridgehead atoms. The van der Waals surface area contributed by atoms with Gasteiger partial charge in [0.15, 0.2) is 0 Å². The van der Waals surface area contributed by atoms with Crippen LogP contribution in [0.1, 0.15) is 37.6 Å². The second-order valence-electron chi connectivity index (χ2n) is 5.20.